The minimum atomic E-state index is -1.20. The van der Waals surface area contributed by atoms with Crippen molar-refractivity contribution in [2.75, 3.05) is 13.2 Å². The number of amides is 1. The van der Waals surface area contributed by atoms with Crippen LogP contribution in [-0.4, -0.2) is 35.8 Å². The molecule has 0 saturated carbocycles. The number of carbonyl (C=O) groups excluding carboxylic acids is 1. The summed E-state index contributed by atoms with van der Waals surface area (Å²) >= 11 is 12.0. The van der Waals surface area contributed by atoms with Crippen molar-refractivity contribution < 1.29 is 24.2 Å². The zero-order valence-corrected chi connectivity index (χ0v) is 18.1. The zero-order chi connectivity index (χ0) is 21.7. The van der Waals surface area contributed by atoms with Gasteiger partial charge in [-0.1, -0.05) is 35.3 Å². The lowest BCUT2D eigenvalue weighted by Crippen LogP contribution is -2.40. The molecule has 1 heterocycles. The van der Waals surface area contributed by atoms with Crippen LogP contribution in [0, 0.1) is 0 Å². The highest BCUT2D eigenvalue weighted by molar-refractivity contribution is 6.36. The Hall–Kier alpha value is -2.28. The van der Waals surface area contributed by atoms with E-state index in [-0.39, 0.29) is 23.9 Å². The third-order valence-corrected chi connectivity index (χ3v) is 5.57. The molecule has 8 heteroatoms. The fraction of sp³-hybridized carbons (Fsp3) is 0.364. The molecule has 0 aliphatic carbocycles. The fourth-order valence-corrected chi connectivity index (χ4v) is 4.03. The lowest BCUT2D eigenvalue weighted by molar-refractivity contribution is -0.159. The van der Waals surface area contributed by atoms with Crippen molar-refractivity contribution in [1.82, 2.24) is 5.32 Å². The van der Waals surface area contributed by atoms with E-state index in [1.807, 2.05) is 19.1 Å². The quantitative estimate of drug-likeness (QED) is 0.616. The molecule has 0 spiro atoms. The molecule has 30 heavy (non-hydrogen) atoms. The summed E-state index contributed by atoms with van der Waals surface area (Å²) in [6, 6.07) is 10.1. The van der Waals surface area contributed by atoms with E-state index in [1.165, 1.54) is 6.07 Å². The van der Waals surface area contributed by atoms with Crippen LogP contribution in [0.25, 0.3) is 0 Å². The maximum atomic E-state index is 12.5. The highest BCUT2D eigenvalue weighted by Gasteiger charge is 2.43. The van der Waals surface area contributed by atoms with Crippen LogP contribution in [0.3, 0.4) is 0 Å². The van der Waals surface area contributed by atoms with Gasteiger partial charge in [0, 0.05) is 30.2 Å². The minimum absolute atomic E-state index is 0.196. The number of benzene rings is 2. The van der Waals surface area contributed by atoms with Crippen LogP contribution in [0.2, 0.25) is 10.0 Å². The summed E-state index contributed by atoms with van der Waals surface area (Å²) < 4.78 is 11.2. The van der Waals surface area contributed by atoms with Crippen LogP contribution >= 0.6 is 23.2 Å². The highest BCUT2D eigenvalue weighted by Crippen LogP contribution is 2.32. The van der Waals surface area contributed by atoms with Crippen molar-refractivity contribution in [2.45, 2.75) is 38.3 Å². The second-order valence-electron chi connectivity index (χ2n) is 7.11. The molecule has 0 aromatic heterocycles. The number of rotatable bonds is 8. The lowest BCUT2D eigenvalue weighted by atomic mass is 9.91. The van der Waals surface area contributed by atoms with Crippen molar-refractivity contribution in [3.8, 4) is 5.75 Å². The van der Waals surface area contributed by atoms with Gasteiger partial charge in [0.1, 0.15) is 5.75 Å². The first-order valence-electron chi connectivity index (χ1n) is 9.70. The number of carboxylic acids is 1. The van der Waals surface area contributed by atoms with E-state index < -0.39 is 11.6 Å². The first kappa shape index (κ1) is 22.4. The predicted molar refractivity (Wildman–Crippen MR) is 115 cm³/mol. The van der Waals surface area contributed by atoms with Gasteiger partial charge in [0.2, 0.25) is 0 Å². The highest BCUT2D eigenvalue weighted by atomic mass is 35.5. The fourth-order valence-electron chi connectivity index (χ4n) is 3.53. The van der Waals surface area contributed by atoms with Crippen molar-refractivity contribution in [3.63, 3.8) is 0 Å². The molecule has 0 bridgehead atoms. The number of hydrogen-bond donors (Lipinski definition) is 2. The molecular weight excluding hydrogens is 429 g/mol. The monoisotopic (exact) mass is 451 g/mol. The van der Waals surface area contributed by atoms with Crippen molar-refractivity contribution in [2.24, 2.45) is 0 Å². The Balaban J connectivity index is 1.79. The largest absolute Gasteiger partial charge is 0.494 e. The summed E-state index contributed by atoms with van der Waals surface area (Å²) in [7, 11) is 0. The maximum Gasteiger partial charge on any atom is 0.336 e. The average molecular weight is 452 g/mol. The molecule has 160 valence electrons. The van der Waals surface area contributed by atoms with E-state index in [0.29, 0.717) is 42.4 Å². The van der Waals surface area contributed by atoms with E-state index in [9.17, 15) is 14.7 Å². The molecule has 1 saturated heterocycles. The number of carboxylic acid groups (broad SMARTS) is 1. The summed E-state index contributed by atoms with van der Waals surface area (Å²) in [6.45, 7) is 2.97. The van der Waals surface area contributed by atoms with Gasteiger partial charge in [-0.25, -0.2) is 4.79 Å². The molecule has 1 aliphatic heterocycles. The van der Waals surface area contributed by atoms with Gasteiger partial charge < -0.3 is 19.9 Å². The Morgan fingerprint density at radius 1 is 1.23 bits per heavy atom. The Morgan fingerprint density at radius 2 is 2.03 bits per heavy atom. The number of ether oxygens (including phenoxy) is 2. The third-order valence-electron chi connectivity index (χ3n) is 5.02. The van der Waals surface area contributed by atoms with Gasteiger partial charge in [-0.2, -0.15) is 0 Å². The Morgan fingerprint density at radius 3 is 2.67 bits per heavy atom. The van der Waals surface area contributed by atoms with Crippen LogP contribution in [-0.2, 0) is 22.5 Å². The Kier molecular flexibility index (Phi) is 7.23. The second kappa shape index (κ2) is 9.69. The molecule has 1 amide bonds. The topological polar surface area (TPSA) is 84.9 Å². The van der Waals surface area contributed by atoms with E-state index in [4.69, 9.17) is 32.7 Å². The number of carbonyl (C=O) groups is 2. The molecule has 3 rings (SSSR count). The molecule has 2 aromatic carbocycles. The smallest absolute Gasteiger partial charge is 0.336 e. The summed E-state index contributed by atoms with van der Waals surface area (Å²) in [5.41, 5.74) is 0.659. The summed E-state index contributed by atoms with van der Waals surface area (Å²) in [4.78, 5) is 24.3. The van der Waals surface area contributed by atoms with Gasteiger partial charge in [0.05, 0.1) is 17.2 Å². The van der Waals surface area contributed by atoms with Crippen LogP contribution in [0.1, 0.15) is 41.3 Å². The average Bonchev–Trinajstić information content (AvgIpc) is 3.18. The Labute approximate surface area is 185 Å². The molecule has 0 radical (unpaired) electrons. The minimum Gasteiger partial charge on any atom is -0.494 e. The van der Waals surface area contributed by atoms with Gasteiger partial charge in [-0.3, -0.25) is 4.79 Å². The number of hydrogen-bond acceptors (Lipinski definition) is 4. The standard InChI is InChI=1S/C22H23Cl2NO5/c1-2-29-19-7-4-14(12-22(21(27)28)8-3-9-30-22)10-15(19)13-25-20(26)17-6-5-16(23)11-18(17)24/h4-7,10-11H,2-3,8-9,12-13H2,1H3,(H,25,26)(H,27,28). The molecule has 1 fully saturated rings. The van der Waals surface area contributed by atoms with Gasteiger partial charge in [0.25, 0.3) is 5.91 Å². The van der Waals surface area contributed by atoms with Crippen LogP contribution < -0.4 is 10.1 Å². The normalized spacial score (nSPS) is 18.2. The van der Waals surface area contributed by atoms with Gasteiger partial charge >= 0.3 is 5.97 Å². The first-order chi connectivity index (χ1) is 14.3. The van der Waals surface area contributed by atoms with Crippen LogP contribution in [0.4, 0.5) is 0 Å². The van der Waals surface area contributed by atoms with Crippen LogP contribution in [0.15, 0.2) is 36.4 Å². The SMILES string of the molecule is CCOc1ccc(CC2(C(=O)O)CCCO2)cc1CNC(=O)c1ccc(Cl)cc1Cl. The van der Waals surface area contributed by atoms with E-state index >= 15 is 0 Å². The van der Waals surface area contributed by atoms with Gasteiger partial charge in [-0.05, 0) is 49.6 Å². The van der Waals surface area contributed by atoms with E-state index in [1.54, 1.807) is 18.2 Å². The zero-order valence-electron chi connectivity index (χ0n) is 16.5. The van der Waals surface area contributed by atoms with Gasteiger partial charge in [0.15, 0.2) is 5.60 Å². The van der Waals surface area contributed by atoms with Crippen molar-refractivity contribution in [3.05, 3.63) is 63.1 Å². The number of halogens is 2. The summed E-state index contributed by atoms with van der Waals surface area (Å²) in [5, 5.41) is 13.2. The molecule has 2 aromatic rings. The van der Waals surface area contributed by atoms with Crippen LogP contribution in [0.5, 0.6) is 5.75 Å². The molecule has 1 unspecified atom stereocenters. The molecule has 1 atom stereocenters. The second-order valence-corrected chi connectivity index (χ2v) is 7.95. The van der Waals surface area contributed by atoms with E-state index in [2.05, 4.69) is 5.32 Å². The third kappa shape index (κ3) is 5.06. The first-order valence-corrected chi connectivity index (χ1v) is 10.5. The number of nitrogens with one attached hydrogen (secondary N) is 1. The number of aliphatic carboxylic acids is 1. The Bertz CT molecular complexity index is 941. The molecule has 2 N–H and O–H groups in total. The lowest BCUT2D eigenvalue weighted by Gasteiger charge is -2.24. The van der Waals surface area contributed by atoms with Gasteiger partial charge in [-0.15, -0.1) is 0 Å². The maximum absolute atomic E-state index is 12.5. The van der Waals surface area contributed by atoms with E-state index in [0.717, 1.165) is 11.1 Å². The predicted octanol–water partition coefficient (Wildman–Crippen LogP) is 4.50. The molecule has 1 aliphatic rings. The summed E-state index contributed by atoms with van der Waals surface area (Å²) in [6.07, 6.45) is 1.43. The summed E-state index contributed by atoms with van der Waals surface area (Å²) in [5.74, 6) is -0.674. The molecular formula is C22H23Cl2NO5. The molecule has 6 nitrogen and oxygen atoms in total. The van der Waals surface area contributed by atoms with Crippen molar-refractivity contribution >= 4 is 35.1 Å². The van der Waals surface area contributed by atoms with Crippen molar-refractivity contribution in [1.29, 1.82) is 0 Å².